The van der Waals surface area contributed by atoms with E-state index in [1.54, 1.807) is 0 Å². The molecule has 3 nitrogen and oxygen atoms in total. The van der Waals surface area contributed by atoms with Gasteiger partial charge < -0.3 is 9.64 Å². The SMILES string of the molecule is CC(C)(C)OC(=O)N1CCCCC1Cc1ccc(Cl)cc1. The van der Waals surface area contributed by atoms with Crippen LogP contribution in [0.5, 0.6) is 0 Å². The highest BCUT2D eigenvalue weighted by Crippen LogP contribution is 2.23. The number of halogens is 1. The molecular weight excluding hydrogens is 286 g/mol. The summed E-state index contributed by atoms with van der Waals surface area (Å²) < 4.78 is 5.53. The van der Waals surface area contributed by atoms with Crippen LogP contribution in [0.2, 0.25) is 5.02 Å². The lowest BCUT2D eigenvalue weighted by Gasteiger charge is -2.37. The zero-order valence-electron chi connectivity index (χ0n) is 13.1. The molecule has 1 atom stereocenters. The second-order valence-corrected chi connectivity index (χ2v) is 7.09. The number of carbonyl (C=O) groups excluding carboxylic acids is 1. The van der Waals surface area contributed by atoms with Gasteiger partial charge in [0.2, 0.25) is 0 Å². The number of likely N-dealkylation sites (tertiary alicyclic amines) is 1. The van der Waals surface area contributed by atoms with Gasteiger partial charge >= 0.3 is 6.09 Å². The second kappa shape index (κ2) is 6.69. The number of benzene rings is 1. The number of carbonyl (C=O) groups is 1. The predicted octanol–water partition coefficient (Wildman–Crippen LogP) is 4.67. The molecule has 0 spiro atoms. The topological polar surface area (TPSA) is 29.5 Å². The largest absolute Gasteiger partial charge is 0.444 e. The van der Waals surface area contributed by atoms with Crippen LogP contribution < -0.4 is 0 Å². The lowest BCUT2D eigenvalue weighted by atomic mass is 9.96. The number of amides is 1. The van der Waals surface area contributed by atoms with Crippen LogP contribution in [0.3, 0.4) is 0 Å². The van der Waals surface area contributed by atoms with Gasteiger partial charge in [0.15, 0.2) is 0 Å². The van der Waals surface area contributed by atoms with E-state index in [1.807, 2.05) is 49.9 Å². The van der Waals surface area contributed by atoms with E-state index in [9.17, 15) is 4.79 Å². The maximum atomic E-state index is 12.4. The van der Waals surface area contributed by atoms with E-state index in [4.69, 9.17) is 16.3 Å². The van der Waals surface area contributed by atoms with E-state index in [0.717, 1.165) is 37.3 Å². The quantitative estimate of drug-likeness (QED) is 0.794. The normalized spacial score (nSPS) is 19.4. The van der Waals surface area contributed by atoms with Crippen molar-refractivity contribution in [3.8, 4) is 0 Å². The summed E-state index contributed by atoms with van der Waals surface area (Å²) in [5.74, 6) is 0. The summed E-state index contributed by atoms with van der Waals surface area (Å²) in [7, 11) is 0. The first kappa shape index (κ1) is 16.2. The average molecular weight is 310 g/mol. The monoisotopic (exact) mass is 309 g/mol. The van der Waals surface area contributed by atoms with E-state index >= 15 is 0 Å². The average Bonchev–Trinajstić information content (AvgIpc) is 2.40. The van der Waals surface area contributed by atoms with Crippen molar-refractivity contribution >= 4 is 17.7 Å². The molecule has 0 aliphatic carbocycles. The molecule has 0 bridgehead atoms. The number of rotatable bonds is 2. The summed E-state index contributed by atoms with van der Waals surface area (Å²) in [4.78, 5) is 14.2. The molecule has 0 radical (unpaired) electrons. The lowest BCUT2D eigenvalue weighted by molar-refractivity contribution is 0.00995. The molecule has 4 heteroatoms. The Kier molecular flexibility index (Phi) is 5.15. The van der Waals surface area contributed by atoms with Crippen LogP contribution in [0.25, 0.3) is 0 Å². The fourth-order valence-electron chi connectivity index (χ4n) is 2.67. The van der Waals surface area contributed by atoms with Gasteiger partial charge in [0, 0.05) is 17.6 Å². The number of piperidine rings is 1. The van der Waals surface area contributed by atoms with Gasteiger partial charge in [0.25, 0.3) is 0 Å². The summed E-state index contributed by atoms with van der Waals surface area (Å²) in [6.45, 7) is 6.50. The molecule has 1 heterocycles. The number of hydrogen-bond donors (Lipinski definition) is 0. The molecule has 1 aromatic carbocycles. The maximum absolute atomic E-state index is 12.4. The molecule has 1 aliphatic heterocycles. The van der Waals surface area contributed by atoms with Gasteiger partial charge in [-0.2, -0.15) is 0 Å². The number of ether oxygens (including phenoxy) is 1. The molecule has 1 aliphatic rings. The van der Waals surface area contributed by atoms with E-state index in [0.29, 0.717) is 0 Å². The van der Waals surface area contributed by atoms with Gasteiger partial charge in [-0.25, -0.2) is 4.79 Å². The van der Waals surface area contributed by atoms with Gasteiger partial charge in [-0.3, -0.25) is 0 Å². The molecule has 1 fully saturated rings. The lowest BCUT2D eigenvalue weighted by Crippen LogP contribution is -2.47. The third kappa shape index (κ3) is 4.92. The van der Waals surface area contributed by atoms with E-state index in [2.05, 4.69) is 0 Å². The van der Waals surface area contributed by atoms with Crippen LogP contribution in [0.15, 0.2) is 24.3 Å². The summed E-state index contributed by atoms with van der Waals surface area (Å²) >= 11 is 5.92. The third-order valence-electron chi connectivity index (χ3n) is 3.64. The molecular formula is C17H24ClNO2. The Morgan fingerprint density at radius 3 is 2.57 bits per heavy atom. The molecule has 2 rings (SSSR count). The van der Waals surface area contributed by atoms with Crippen molar-refractivity contribution in [2.75, 3.05) is 6.54 Å². The third-order valence-corrected chi connectivity index (χ3v) is 3.89. The minimum atomic E-state index is -0.445. The molecule has 1 saturated heterocycles. The standard InChI is InChI=1S/C17H24ClNO2/c1-17(2,3)21-16(20)19-11-5-4-6-15(19)12-13-7-9-14(18)10-8-13/h7-10,15H,4-6,11-12H2,1-3H3. The van der Waals surface area contributed by atoms with Crippen LogP contribution in [-0.2, 0) is 11.2 Å². The van der Waals surface area contributed by atoms with Gasteiger partial charge in [0.1, 0.15) is 5.60 Å². The van der Waals surface area contributed by atoms with Gasteiger partial charge in [-0.05, 0) is 64.2 Å². The van der Waals surface area contributed by atoms with Crippen molar-refractivity contribution in [1.29, 1.82) is 0 Å². The van der Waals surface area contributed by atoms with Crippen molar-refractivity contribution in [3.63, 3.8) is 0 Å². The summed E-state index contributed by atoms with van der Waals surface area (Å²) in [6.07, 6.45) is 3.91. The Balaban J connectivity index is 2.04. The first-order valence-corrected chi connectivity index (χ1v) is 7.97. The Morgan fingerprint density at radius 1 is 1.29 bits per heavy atom. The van der Waals surface area contributed by atoms with Crippen LogP contribution in [-0.4, -0.2) is 29.2 Å². The van der Waals surface area contributed by atoms with Crippen LogP contribution in [0.1, 0.15) is 45.6 Å². The summed E-state index contributed by atoms with van der Waals surface area (Å²) in [5.41, 5.74) is 0.763. The number of hydrogen-bond acceptors (Lipinski definition) is 2. The molecule has 21 heavy (non-hydrogen) atoms. The van der Waals surface area contributed by atoms with E-state index in [-0.39, 0.29) is 12.1 Å². The fraction of sp³-hybridized carbons (Fsp3) is 0.588. The minimum absolute atomic E-state index is 0.193. The Bertz CT molecular complexity index is 479. The smallest absolute Gasteiger partial charge is 0.410 e. The van der Waals surface area contributed by atoms with Gasteiger partial charge in [-0.1, -0.05) is 23.7 Å². The molecule has 0 N–H and O–H groups in total. The Labute approximate surface area is 132 Å². The van der Waals surface area contributed by atoms with Gasteiger partial charge in [-0.15, -0.1) is 0 Å². The van der Waals surface area contributed by atoms with Crippen molar-refractivity contribution in [1.82, 2.24) is 4.90 Å². The summed E-state index contributed by atoms with van der Waals surface area (Å²) in [5, 5.41) is 0.742. The van der Waals surface area contributed by atoms with Crippen LogP contribution in [0, 0.1) is 0 Å². The highest BCUT2D eigenvalue weighted by atomic mass is 35.5. The predicted molar refractivity (Wildman–Crippen MR) is 85.7 cm³/mol. The Hall–Kier alpha value is -1.22. The van der Waals surface area contributed by atoms with Crippen molar-refractivity contribution in [2.45, 2.75) is 58.1 Å². The number of nitrogens with zero attached hydrogens (tertiary/aromatic N) is 1. The molecule has 0 saturated carbocycles. The van der Waals surface area contributed by atoms with E-state index < -0.39 is 5.60 Å². The highest BCUT2D eigenvalue weighted by Gasteiger charge is 2.30. The minimum Gasteiger partial charge on any atom is -0.444 e. The van der Waals surface area contributed by atoms with Crippen LogP contribution >= 0.6 is 11.6 Å². The first-order valence-electron chi connectivity index (χ1n) is 7.59. The zero-order valence-corrected chi connectivity index (χ0v) is 13.8. The summed E-state index contributed by atoms with van der Waals surface area (Å²) in [6, 6.07) is 8.08. The second-order valence-electron chi connectivity index (χ2n) is 6.65. The zero-order chi connectivity index (χ0) is 15.5. The molecule has 1 unspecified atom stereocenters. The molecule has 0 aromatic heterocycles. The molecule has 1 amide bonds. The van der Waals surface area contributed by atoms with E-state index in [1.165, 1.54) is 5.56 Å². The fourth-order valence-corrected chi connectivity index (χ4v) is 2.79. The van der Waals surface area contributed by atoms with Crippen molar-refractivity contribution in [2.24, 2.45) is 0 Å². The van der Waals surface area contributed by atoms with Crippen molar-refractivity contribution in [3.05, 3.63) is 34.9 Å². The Morgan fingerprint density at radius 2 is 1.95 bits per heavy atom. The molecule has 116 valence electrons. The van der Waals surface area contributed by atoms with Crippen molar-refractivity contribution < 1.29 is 9.53 Å². The first-order chi connectivity index (χ1) is 9.85. The van der Waals surface area contributed by atoms with Gasteiger partial charge in [0.05, 0.1) is 0 Å². The maximum Gasteiger partial charge on any atom is 0.410 e. The molecule has 1 aromatic rings. The highest BCUT2D eigenvalue weighted by molar-refractivity contribution is 6.30. The van der Waals surface area contributed by atoms with Crippen LogP contribution in [0.4, 0.5) is 4.79 Å².